The highest BCUT2D eigenvalue weighted by Crippen LogP contribution is 2.35. The van der Waals surface area contributed by atoms with Crippen LogP contribution in [0.1, 0.15) is 10.4 Å². The molecule has 0 aliphatic rings. The van der Waals surface area contributed by atoms with Gasteiger partial charge in [-0.25, -0.2) is 0 Å². The number of anilines is 1. The van der Waals surface area contributed by atoms with Crippen molar-refractivity contribution in [3.8, 4) is 5.75 Å². The number of nitro groups is 2. The molecule has 0 heterocycles. The minimum absolute atomic E-state index is 0.0838. The molecule has 0 saturated heterocycles. The molecule has 0 unspecified atom stereocenters. The number of carbonyl (C=O) groups excluding carboxylic acids is 1. The molecule has 11 heteroatoms. The van der Waals surface area contributed by atoms with E-state index in [9.17, 15) is 30.1 Å². The number of phenols is 1. The third-order valence-corrected chi connectivity index (χ3v) is 3.48. The van der Waals surface area contributed by atoms with Crippen LogP contribution in [0.25, 0.3) is 0 Å². The summed E-state index contributed by atoms with van der Waals surface area (Å²) in [5.41, 5.74) is -1.54. The largest absolute Gasteiger partial charge is 0.505 e. The summed E-state index contributed by atoms with van der Waals surface area (Å²) >= 11 is 11.4. The SMILES string of the molecule is O=C(Nc1cc(Cl)c(O)c(Cl)c1)c1ccc([N+](=O)[O-])cc1[N+](=O)[O-]. The lowest BCUT2D eigenvalue weighted by molar-refractivity contribution is -0.394. The van der Waals surface area contributed by atoms with Crippen LogP contribution in [-0.2, 0) is 0 Å². The lowest BCUT2D eigenvalue weighted by Crippen LogP contribution is -2.14. The van der Waals surface area contributed by atoms with Gasteiger partial charge < -0.3 is 10.4 Å². The van der Waals surface area contributed by atoms with Gasteiger partial charge in [-0.3, -0.25) is 25.0 Å². The lowest BCUT2D eigenvalue weighted by Gasteiger charge is -2.08. The molecule has 0 radical (unpaired) electrons. The van der Waals surface area contributed by atoms with Crippen LogP contribution in [0, 0.1) is 20.2 Å². The Kier molecular flexibility index (Phi) is 4.86. The highest BCUT2D eigenvalue weighted by Gasteiger charge is 2.24. The molecular weight excluding hydrogens is 365 g/mol. The number of hydrogen-bond acceptors (Lipinski definition) is 6. The second-order valence-electron chi connectivity index (χ2n) is 4.46. The number of aromatic hydroxyl groups is 1. The van der Waals surface area contributed by atoms with Gasteiger partial charge in [-0.05, 0) is 18.2 Å². The fraction of sp³-hybridized carbons (Fsp3) is 0. The first-order chi connectivity index (χ1) is 11.2. The predicted molar refractivity (Wildman–Crippen MR) is 85.8 cm³/mol. The minimum Gasteiger partial charge on any atom is -0.505 e. The van der Waals surface area contributed by atoms with E-state index < -0.39 is 27.1 Å². The maximum absolute atomic E-state index is 12.2. The Morgan fingerprint density at radius 2 is 1.62 bits per heavy atom. The van der Waals surface area contributed by atoms with Gasteiger partial charge in [0.15, 0.2) is 5.75 Å². The summed E-state index contributed by atoms with van der Waals surface area (Å²) in [6, 6.07) is 5.01. The maximum atomic E-state index is 12.2. The molecule has 0 fully saturated rings. The zero-order chi connectivity index (χ0) is 18.0. The number of non-ortho nitro benzene ring substituents is 1. The van der Waals surface area contributed by atoms with Crippen molar-refractivity contribution in [3.05, 3.63) is 66.2 Å². The van der Waals surface area contributed by atoms with Crippen molar-refractivity contribution in [2.24, 2.45) is 0 Å². The number of halogens is 2. The summed E-state index contributed by atoms with van der Waals surface area (Å²) < 4.78 is 0. The predicted octanol–water partition coefficient (Wildman–Crippen LogP) is 3.77. The number of nitrogens with zero attached hydrogens (tertiary/aromatic N) is 2. The van der Waals surface area contributed by atoms with Crippen LogP contribution in [0.4, 0.5) is 17.1 Å². The first kappa shape index (κ1) is 17.4. The summed E-state index contributed by atoms with van der Waals surface area (Å²) in [6.07, 6.45) is 0. The molecule has 2 aromatic carbocycles. The first-order valence-electron chi connectivity index (χ1n) is 6.13. The number of amides is 1. The Morgan fingerprint density at radius 1 is 1.04 bits per heavy atom. The van der Waals surface area contributed by atoms with Crippen molar-refractivity contribution >= 4 is 46.2 Å². The van der Waals surface area contributed by atoms with Crippen LogP contribution in [0.2, 0.25) is 10.0 Å². The van der Waals surface area contributed by atoms with Crippen LogP contribution in [0.3, 0.4) is 0 Å². The van der Waals surface area contributed by atoms with Crippen LogP contribution < -0.4 is 5.32 Å². The second-order valence-corrected chi connectivity index (χ2v) is 5.27. The average molecular weight is 372 g/mol. The number of benzene rings is 2. The van der Waals surface area contributed by atoms with Crippen molar-refractivity contribution in [2.75, 3.05) is 5.32 Å². The molecule has 24 heavy (non-hydrogen) atoms. The molecule has 1 amide bonds. The summed E-state index contributed by atoms with van der Waals surface area (Å²) in [5.74, 6) is -1.27. The summed E-state index contributed by atoms with van der Waals surface area (Å²) in [7, 11) is 0. The quantitative estimate of drug-likeness (QED) is 0.476. The number of phenolic OH excluding ortho intramolecular Hbond substituents is 1. The van der Waals surface area contributed by atoms with E-state index in [-0.39, 0.29) is 27.0 Å². The number of rotatable bonds is 4. The van der Waals surface area contributed by atoms with E-state index >= 15 is 0 Å². The van der Waals surface area contributed by atoms with Crippen molar-refractivity contribution < 1.29 is 19.7 Å². The highest BCUT2D eigenvalue weighted by atomic mass is 35.5. The van der Waals surface area contributed by atoms with E-state index in [1.807, 2.05) is 0 Å². The van der Waals surface area contributed by atoms with Gasteiger partial charge in [-0.15, -0.1) is 0 Å². The van der Waals surface area contributed by atoms with Gasteiger partial charge >= 0.3 is 0 Å². The zero-order valence-electron chi connectivity index (χ0n) is 11.5. The topological polar surface area (TPSA) is 136 Å². The fourth-order valence-electron chi connectivity index (χ4n) is 1.81. The molecule has 0 aliphatic carbocycles. The van der Waals surface area contributed by atoms with E-state index in [1.165, 1.54) is 12.1 Å². The Morgan fingerprint density at radius 3 is 2.12 bits per heavy atom. The average Bonchev–Trinajstić information content (AvgIpc) is 2.51. The minimum atomic E-state index is -0.904. The molecule has 0 bridgehead atoms. The molecule has 2 rings (SSSR count). The number of nitro benzene ring substituents is 2. The lowest BCUT2D eigenvalue weighted by atomic mass is 10.1. The number of carbonyl (C=O) groups is 1. The van der Waals surface area contributed by atoms with E-state index in [1.54, 1.807) is 0 Å². The molecular formula is C13H7Cl2N3O6. The molecule has 0 aromatic heterocycles. The van der Waals surface area contributed by atoms with E-state index in [2.05, 4.69) is 5.32 Å². The van der Waals surface area contributed by atoms with Crippen LogP contribution in [0.15, 0.2) is 30.3 Å². The number of hydrogen-bond donors (Lipinski definition) is 2. The van der Waals surface area contributed by atoms with Crippen molar-refractivity contribution in [1.29, 1.82) is 0 Å². The molecule has 2 aromatic rings. The van der Waals surface area contributed by atoms with E-state index in [4.69, 9.17) is 23.2 Å². The van der Waals surface area contributed by atoms with Crippen molar-refractivity contribution in [1.82, 2.24) is 0 Å². The maximum Gasteiger partial charge on any atom is 0.289 e. The van der Waals surface area contributed by atoms with Gasteiger partial charge in [0.05, 0.1) is 26.0 Å². The Bertz CT molecular complexity index is 848. The van der Waals surface area contributed by atoms with Gasteiger partial charge in [-0.1, -0.05) is 23.2 Å². The van der Waals surface area contributed by atoms with Gasteiger partial charge in [-0.2, -0.15) is 0 Å². The Balaban J connectivity index is 2.40. The molecule has 0 aliphatic heterocycles. The molecule has 124 valence electrons. The summed E-state index contributed by atoms with van der Waals surface area (Å²) in [6.45, 7) is 0. The highest BCUT2D eigenvalue weighted by molar-refractivity contribution is 6.37. The molecule has 2 N–H and O–H groups in total. The zero-order valence-corrected chi connectivity index (χ0v) is 13.0. The molecule has 0 saturated carbocycles. The third-order valence-electron chi connectivity index (χ3n) is 2.91. The first-order valence-corrected chi connectivity index (χ1v) is 6.88. The van der Waals surface area contributed by atoms with Crippen LogP contribution in [-0.4, -0.2) is 20.9 Å². The Hall–Kier alpha value is -2.91. The summed E-state index contributed by atoms with van der Waals surface area (Å²) in [4.78, 5) is 32.2. The van der Waals surface area contributed by atoms with Gasteiger partial charge in [0, 0.05) is 11.8 Å². The monoisotopic (exact) mass is 371 g/mol. The standard InChI is InChI=1S/C13H7Cl2N3O6/c14-9-3-6(4-10(15)12(9)19)16-13(20)8-2-1-7(17(21)22)5-11(8)18(23)24/h1-5,19H,(H,16,20). The van der Waals surface area contributed by atoms with E-state index in [0.717, 1.165) is 12.1 Å². The van der Waals surface area contributed by atoms with Crippen molar-refractivity contribution in [3.63, 3.8) is 0 Å². The molecule has 0 atom stereocenters. The number of nitrogens with one attached hydrogen (secondary N) is 1. The third kappa shape index (κ3) is 3.53. The summed E-state index contributed by atoms with van der Waals surface area (Å²) in [5, 5.41) is 33.2. The van der Waals surface area contributed by atoms with Crippen LogP contribution in [0.5, 0.6) is 5.75 Å². The normalized spacial score (nSPS) is 10.2. The van der Waals surface area contributed by atoms with Crippen molar-refractivity contribution in [2.45, 2.75) is 0 Å². The van der Waals surface area contributed by atoms with E-state index in [0.29, 0.717) is 6.07 Å². The molecule has 0 spiro atoms. The molecule has 9 nitrogen and oxygen atoms in total. The van der Waals surface area contributed by atoms with Gasteiger partial charge in [0.1, 0.15) is 5.56 Å². The fourth-order valence-corrected chi connectivity index (χ4v) is 2.30. The van der Waals surface area contributed by atoms with Gasteiger partial charge in [0.2, 0.25) is 0 Å². The smallest absolute Gasteiger partial charge is 0.289 e. The van der Waals surface area contributed by atoms with Gasteiger partial charge in [0.25, 0.3) is 17.3 Å². The van der Waals surface area contributed by atoms with Crippen LogP contribution >= 0.6 is 23.2 Å². The second kappa shape index (κ2) is 6.69. The Labute approximate surface area is 143 Å².